The summed E-state index contributed by atoms with van der Waals surface area (Å²) in [7, 11) is 0. The first-order valence-electron chi connectivity index (χ1n) is 16.5. The number of nitrogens with one attached hydrogen (secondary N) is 6. The van der Waals surface area contributed by atoms with Crippen LogP contribution in [0, 0.1) is 17.8 Å². The number of fused-ring (bicyclic) bond motifs is 1. The fraction of sp³-hybridized carbons (Fsp3) is 0.618. The van der Waals surface area contributed by atoms with Gasteiger partial charge in [-0.25, -0.2) is 0 Å². The molecule has 0 saturated heterocycles. The van der Waals surface area contributed by atoms with Crippen LogP contribution in [0.5, 0.6) is 0 Å². The van der Waals surface area contributed by atoms with Gasteiger partial charge < -0.3 is 31.6 Å². The van der Waals surface area contributed by atoms with E-state index in [0.717, 1.165) is 27.9 Å². The molecule has 0 radical (unpaired) electrons. The summed E-state index contributed by atoms with van der Waals surface area (Å²) in [6.07, 6.45) is 3.98. The second-order valence-corrected chi connectivity index (χ2v) is 13.4. The third-order valence-corrected chi connectivity index (χ3v) is 9.59. The van der Waals surface area contributed by atoms with Crippen molar-refractivity contribution in [2.24, 2.45) is 17.8 Å². The van der Waals surface area contributed by atoms with E-state index in [0.29, 0.717) is 50.3 Å². The van der Waals surface area contributed by atoms with Crippen LogP contribution in [0.1, 0.15) is 79.7 Å². The SMILES string of the molecule is CCC(C)C(NC=O)C(=O)NCC(=O)NC(C(=O)NCCSc1[nH]c2ccccc2c1C[C@@H](C)NC(=O)C[C@@H](C)CC)C(C)CC. The van der Waals surface area contributed by atoms with Crippen LogP contribution < -0.4 is 26.6 Å². The van der Waals surface area contributed by atoms with E-state index in [1.807, 2.05) is 52.8 Å². The van der Waals surface area contributed by atoms with E-state index in [4.69, 9.17) is 0 Å². The number of amides is 5. The second kappa shape index (κ2) is 19.9. The van der Waals surface area contributed by atoms with Gasteiger partial charge in [-0.1, -0.05) is 79.0 Å². The molecular formula is C34H54N6O5S. The maximum Gasteiger partial charge on any atom is 0.243 e. The maximum absolute atomic E-state index is 13.2. The van der Waals surface area contributed by atoms with Crippen LogP contribution in [0.2, 0.25) is 0 Å². The van der Waals surface area contributed by atoms with Gasteiger partial charge in [0.2, 0.25) is 30.0 Å². The van der Waals surface area contributed by atoms with E-state index >= 15 is 0 Å². The van der Waals surface area contributed by atoms with Gasteiger partial charge in [0, 0.05) is 35.7 Å². The molecule has 2 aromatic rings. The number of rotatable bonds is 21. The monoisotopic (exact) mass is 658 g/mol. The van der Waals surface area contributed by atoms with E-state index in [2.05, 4.69) is 51.5 Å². The summed E-state index contributed by atoms with van der Waals surface area (Å²) in [6.45, 7) is 13.9. The zero-order chi connectivity index (χ0) is 34.2. The Morgan fingerprint density at radius 2 is 1.50 bits per heavy atom. The number of aromatic amines is 1. The minimum absolute atomic E-state index is 0.0401. The largest absolute Gasteiger partial charge is 0.353 e. The highest BCUT2D eigenvalue weighted by atomic mass is 32.2. The Hall–Kier alpha value is -3.54. The first-order valence-corrected chi connectivity index (χ1v) is 17.5. The van der Waals surface area contributed by atoms with Crippen molar-refractivity contribution in [1.29, 1.82) is 0 Å². The van der Waals surface area contributed by atoms with Gasteiger partial charge >= 0.3 is 0 Å². The molecule has 0 fully saturated rings. The molecule has 2 rings (SSSR count). The number of carbonyl (C=O) groups is 5. The van der Waals surface area contributed by atoms with Gasteiger partial charge in [0.15, 0.2) is 0 Å². The molecule has 12 heteroatoms. The van der Waals surface area contributed by atoms with Crippen LogP contribution in [0.25, 0.3) is 10.9 Å². The Morgan fingerprint density at radius 3 is 2.15 bits per heavy atom. The molecule has 0 aliphatic carbocycles. The highest BCUT2D eigenvalue weighted by molar-refractivity contribution is 7.99. The fourth-order valence-electron chi connectivity index (χ4n) is 5.10. The zero-order valence-corrected chi connectivity index (χ0v) is 29.3. The number of hydrogen-bond acceptors (Lipinski definition) is 6. The number of hydrogen-bond donors (Lipinski definition) is 6. The van der Waals surface area contributed by atoms with Crippen LogP contribution in [-0.2, 0) is 30.4 Å². The van der Waals surface area contributed by atoms with Crippen molar-refractivity contribution in [3.63, 3.8) is 0 Å². The fourth-order valence-corrected chi connectivity index (χ4v) is 6.06. The molecule has 0 aliphatic rings. The third-order valence-electron chi connectivity index (χ3n) is 8.55. The van der Waals surface area contributed by atoms with E-state index in [9.17, 15) is 24.0 Å². The van der Waals surface area contributed by atoms with Crippen molar-refractivity contribution < 1.29 is 24.0 Å². The lowest BCUT2D eigenvalue weighted by molar-refractivity contribution is -0.131. The average Bonchev–Trinajstić information content (AvgIpc) is 3.38. The second-order valence-electron chi connectivity index (χ2n) is 12.3. The van der Waals surface area contributed by atoms with Gasteiger partial charge in [-0.05, 0) is 42.7 Å². The molecule has 46 heavy (non-hydrogen) atoms. The molecule has 1 aromatic carbocycles. The normalized spacial score (nSPS) is 15.1. The third kappa shape index (κ3) is 12.0. The Labute approximate surface area is 277 Å². The van der Waals surface area contributed by atoms with E-state index < -0.39 is 23.9 Å². The zero-order valence-electron chi connectivity index (χ0n) is 28.5. The highest BCUT2D eigenvalue weighted by Gasteiger charge is 2.27. The van der Waals surface area contributed by atoms with E-state index in [1.54, 1.807) is 11.8 Å². The van der Waals surface area contributed by atoms with E-state index in [1.165, 1.54) is 0 Å². The molecule has 0 spiro atoms. The Bertz CT molecular complexity index is 1300. The number of carbonyl (C=O) groups excluding carboxylic acids is 5. The van der Waals surface area contributed by atoms with Crippen LogP contribution in [0.4, 0.5) is 0 Å². The first-order chi connectivity index (χ1) is 21.9. The Balaban J connectivity index is 1.97. The molecule has 256 valence electrons. The Kier molecular flexibility index (Phi) is 16.7. The summed E-state index contributed by atoms with van der Waals surface area (Å²) in [6, 6.07) is 6.55. The summed E-state index contributed by atoms with van der Waals surface area (Å²) in [5.41, 5.74) is 2.15. The summed E-state index contributed by atoms with van der Waals surface area (Å²) >= 11 is 1.60. The number of thioether (sulfide) groups is 1. The van der Waals surface area contributed by atoms with Crippen molar-refractivity contribution in [3.05, 3.63) is 29.8 Å². The lowest BCUT2D eigenvalue weighted by atomic mass is 9.98. The van der Waals surface area contributed by atoms with Crippen molar-refractivity contribution in [3.8, 4) is 0 Å². The van der Waals surface area contributed by atoms with Crippen molar-refractivity contribution in [2.45, 2.75) is 104 Å². The molecule has 4 unspecified atom stereocenters. The smallest absolute Gasteiger partial charge is 0.243 e. The molecule has 6 N–H and O–H groups in total. The predicted octanol–water partition coefficient (Wildman–Crippen LogP) is 3.67. The molecule has 5 amide bonds. The molecule has 0 bridgehead atoms. The van der Waals surface area contributed by atoms with Crippen LogP contribution in [-0.4, -0.2) is 72.0 Å². The van der Waals surface area contributed by atoms with Crippen molar-refractivity contribution in [1.82, 2.24) is 31.6 Å². The molecule has 11 nitrogen and oxygen atoms in total. The first kappa shape index (κ1) is 38.6. The van der Waals surface area contributed by atoms with Gasteiger partial charge in [-0.15, -0.1) is 11.8 Å². The number of aromatic nitrogens is 1. The highest BCUT2D eigenvalue weighted by Crippen LogP contribution is 2.30. The van der Waals surface area contributed by atoms with Gasteiger partial charge in [0.25, 0.3) is 0 Å². The standard InChI is InChI=1S/C34H54N6O5S/c1-8-21(4)17-28(42)38-24(7)18-26-25-13-11-12-14-27(25)39-34(26)46-16-15-35-33(45)31(23(6)10-3)40-29(43)19-36-32(44)30(37-20-41)22(5)9-2/h11-14,20-24,30-31,39H,8-10,15-19H2,1-7H3,(H,35,45)(H,36,44)(H,37,41)(H,38,42)(H,40,43)/t21-,22?,23?,24+,30?,31?/m0/s1. The van der Waals surface area contributed by atoms with Crippen LogP contribution in [0.3, 0.4) is 0 Å². The Morgan fingerprint density at radius 1 is 0.848 bits per heavy atom. The van der Waals surface area contributed by atoms with Crippen LogP contribution in [0.15, 0.2) is 29.3 Å². The molecule has 0 saturated carbocycles. The average molecular weight is 659 g/mol. The van der Waals surface area contributed by atoms with Gasteiger partial charge in [0.1, 0.15) is 12.1 Å². The maximum atomic E-state index is 13.2. The molecule has 6 atom stereocenters. The van der Waals surface area contributed by atoms with E-state index in [-0.39, 0.29) is 36.2 Å². The number of para-hydroxylation sites is 1. The van der Waals surface area contributed by atoms with Crippen LogP contribution >= 0.6 is 11.8 Å². The minimum Gasteiger partial charge on any atom is -0.353 e. The molecule has 1 heterocycles. The summed E-state index contributed by atoms with van der Waals surface area (Å²) in [5.74, 6) is -0.447. The molecule has 1 aromatic heterocycles. The van der Waals surface area contributed by atoms with Gasteiger partial charge in [0.05, 0.1) is 11.6 Å². The van der Waals surface area contributed by atoms with Gasteiger partial charge in [-0.2, -0.15) is 0 Å². The predicted molar refractivity (Wildman–Crippen MR) is 184 cm³/mol. The van der Waals surface area contributed by atoms with Crippen molar-refractivity contribution >= 4 is 52.7 Å². The number of H-pyrrole nitrogens is 1. The minimum atomic E-state index is -0.763. The quantitative estimate of drug-likeness (QED) is 0.0682. The lowest BCUT2D eigenvalue weighted by Gasteiger charge is -2.24. The molecule has 0 aliphatic heterocycles. The topological polar surface area (TPSA) is 161 Å². The summed E-state index contributed by atoms with van der Waals surface area (Å²) in [4.78, 5) is 65.4. The summed E-state index contributed by atoms with van der Waals surface area (Å²) < 4.78 is 0. The summed E-state index contributed by atoms with van der Waals surface area (Å²) in [5, 5.41) is 16.1. The van der Waals surface area contributed by atoms with Gasteiger partial charge in [-0.3, -0.25) is 24.0 Å². The lowest BCUT2D eigenvalue weighted by Crippen LogP contribution is -2.54. The number of benzene rings is 1. The van der Waals surface area contributed by atoms with Crippen molar-refractivity contribution in [2.75, 3.05) is 18.8 Å². The molecular weight excluding hydrogens is 604 g/mol.